The van der Waals surface area contributed by atoms with E-state index in [0.29, 0.717) is 17.1 Å². The molecule has 0 unspecified atom stereocenters. The lowest BCUT2D eigenvalue weighted by molar-refractivity contribution is -0.131. The first-order chi connectivity index (χ1) is 9.54. The van der Waals surface area contributed by atoms with E-state index in [9.17, 15) is 4.79 Å². The van der Waals surface area contributed by atoms with Gasteiger partial charge in [-0.05, 0) is 46.3 Å². The van der Waals surface area contributed by atoms with Crippen molar-refractivity contribution in [3.05, 3.63) is 57.2 Å². The second-order valence-electron chi connectivity index (χ2n) is 3.79. The summed E-state index contributed by atoms with van der Waals surface area (Å²) in [7, 11) is 0. The number of pyridine rings is 1. The second-order valence-corrected chi connectivity index (χ2v) is 5.63. The molecule has 1 aromatic carbocycles. The molecule has 0 fully saturated rings. The van der Waals surface area contributed by atoms with Crippen molar-refractivity contribution in [1.29, 1.82) is 0 Å². The van der Waals surface area contributed by atoms with Gasteiger partial charge < -0.3 is 9.84 Å². The van der Waals surface area contributed by atoms with Crippen molar-refractivity contribution in [3.8, 4) is 11.5 Å². The molecule has 4 nitrogen and oxygen atoms in total. The van der Waals surface area contributed by atoms with Crippen LogP contribution in [0.25, 0.3) is 6.08 Å². The summed E-state index contributed by atoms with van der Waals surface area (Å²) in [6.45, 7) is 0. The lowest BCUT2D eigenvalue weighted by Gasteiger charge is -2.09. The van der Waals surface area contributed by atoms with Gasteiger partial charge in [0.1, 0.15) is 11.5 Å². The fraction of sp³-hybridized carbons (Fsp3) is 0. The number of benzene rings is 1. The Morgan fingerprint density at radius 1 is 1.20 bits per heavy atom. The molecule has 1 N–H and O–H groups in total. The van der Waals surface area contributed by atoms with Crippen LogP contribution in [-0.4, -0.2) is 16.1 Å². The molecule has 0 amide bonds. The molecule has 0 saturated carbocycles. The quantitative estimate of drug-likeness (QED) is 0.770. The van der Waals surface area contributed by atoms with Gasteiger partial charge in [-0.25, -0.2) is 4.79 Å². The smallest absolute Gasteiger partial charge is 0.328 e. The summed E-state index contributed by atoms with van der Waals surface area (Å²) >= 11 is 6.66. The number of carboxylic acid groups (broad SMARTS) is 1. The van der Waals surface area contributed by atoms with E-state index in [0.717, 1.165) is 15.0 Å². The van der Waals surface area contributed by atoms with Gasteiger partial charge in [0, 0.05) is 26.8 Å². The molecule has 0 radical (unpaired) electrons. The Bertz CT molecular complexity index is 671. The fourth-order valence-electron chi connectivity index (χ4n) is 1.48. The third kappa shape index (κ3) is 4.18. The molecule has 0 saturated heterocycles. The number of hydrogen-bond acceptors (Lipinski definition) is 3. The maximum atomic E-state index is 10.6. The van der Waals surface area contributed by atoms with E-state index in [4.69, 9.17) is 9.84 Å². The van der Waals surface area contributed by atoms with Crippen molar-refractivity contribution in [2.45, 2.75) is 0 Å². The first-order valence-electron chi connectivity index (χ1n) is 5.53. The number of rotatable bonds is 4. The standard InChI is InChI=1S/C14H9Br2NO3/c15-10-2-3-13(9(5-10)1-4-14(18)19)20-12-6-11(16)7-17-8-12/h1-8H,(H,18,19)/b4-1+. The van der Waals surface area contributed by atoms with Gasteiger partial charge in [0.05, 0.1) is 6.20 Å². The first kappa shape index (κ1) is 14.7. The summed E-state index contributed by atoms with van der Waals surface area (Å²) in [5.74, 6) is 0.0947. The third-order valence-electron chi connectivity index (χ3n) is 2.28. The predicted molar refractivity (Wildman–Crippen MR) is 82.8 cm³/mol. The Kier molecular flexibility index (Phi) is 4.92. The number of carbonyl (C=O) groups is 1. The van der Waals surface area contributed by atoms with Gasteiger partial charge in [0.25, 0.3) is 0 Å². The highest BCUT2D eigenvalue weighted by molar-refractivity contribution is 9.10. The molecule has 0 aliphatic heterocycles. The Labute approximate surface area is 132 Å². The van der Waals surface area contributed by atoms with Gasteiger partial charge in [-0.3, -0.25) is 4.98 Å². The van der Waals surface area contributed by atoms with Crippen LogP contribution in [0.3, 0.4) is 0 Å². The highest BCUT2D eigenvalue weighted by atomic mass is 79.9. The molecule has 0 aliphatic carbocycles. The van der Waals surface area contributed by atoms with Gasteiger partial charge in [-0.15, -0.1) is 0 Å². The molecule has 20 heavy (non-hydrogen) atoms. The maximum Gasteiger partial charge on any atom is 0.328 e. The molecule has 0 spiro atoms. The summed E-state index contributed by atoms with van der Waals surface area (Å²) in [6.07, 6.45) is 5.78. The van der Waals surface area contributed by atoms with Crippen LogP contribution in [0.4, 0.5) is 0 Å². The van der Waals surface area contributed by atoms with E-state index in [1.165, 1.54) is 6.08 Å². The molecule has 2 rings (SSSR count). The SMILES string of the molecule is O=C(O)/C=C/c1cc(Br)ccc1Oc1cncc(Br)c1. The van der Waals surface area contributed by atoms with Crippen molar-refractivity contribution >= 4 is 43.9 Å². The zero-order valence-corrected chi connectivity index (χ0v) is 13.3. The van der Waals surface area contributed by atoms with Crippen LogP contribution < -0.4 is 4.74 Å². The number of aliphatic carboxylic acids is 1. The average Bonchev–Trinajstić information content (AvgIpc) is 2.39. The van der Waals surface area contributed by atoms with Crippen LogP contribution in [0.15, 0.2) is 51.7 Å². The van der Waals surface area contributed by atoms with Crippen molar-refractivity contribution in [2.24, 2.45) is 0 Å². The van der Waals surface area contributed by atoms with Crippen molar-refractivity contribution < 1.29 is 14.6 Å². The van der Waals surface area contributed by atoms with E-state index in [1.807, 2.05) is 6.07 Å². The zero-order chi connectivity index (χ0) is 14.5. The number of nitrogens with zero attached hydrogens (tertiary/aromatic N) is 1. The minimum atomic E-state index is -1.01. The summed E-state index contributed by atoms with van der Waals surface area (Å²) in [5, 5.41) is 8.71. The summed E-state index contributed by atoms with van der Waals surface area (Å²) in [4.78, 5) is 14.6. The van der Waals surface area contributed by atoms with E-state index in [-0.39, 0.29) is 0 Å². The van der Waals surface area contributed by atoms with Crippen LogP contribution in [0.5, 0.6) is 11.5 Å². The Morgan fingerprint density at radius 3 is 2.70 bits per heavy atom. The van der Waals surface area contributed by atoms with Crippen LogP contribution >= 0.6 is 31.9 Å². The number of ether oxygens (including phenoxy) is 1. The lowest BCUT2D eigenvalue weighted by Crippen LogP contribution is -1.90. The molecule has 6 heteroatoms. The largest absolute Gasteiger partial charge is 0.478 e. The van der Waals surface area contributed by atoms with Gasteiger partial charge in [-0.1, -0.05) is 15.9 Å². The monoisotopic (exact) mass is 397 g/mol. The first-order valence-corrected chi connectivity index (χ1v) is 7.12. The zero-order valence-electron chi connectivity index (χ0n) is 10.1. The maximum absolute atomic E-state index is 10.6. The number of hydrogen-bond donors (Lipinski definition) is 1. The highest BCUT2D eigenvalue weighted by Gasteiger charge is 2.05. The van der Waals surface area contributed by atoms with Gasteiger partial charge in [-0.2, -0.15) is 0 Å². The number of carboxylic acids is 1. The van der Waals surface area contributed by atoms with E-state index >= 15 is 0 Å². The number of halogens is 2. The van der Waals surface area contributed by atoms with E-state index in [2.05, 4.69) is 36.8 Å². The molecular weight excluding hydrogens is 390 g/mol. The summed E-state index contributed by atoms with van der Waals surface area (Å²) in [5.41, 5.74) is 0.654. The molecule has 1 heterocycles. The van der Waals surface area contributed by atoms with Gasteiger partial charge in [0.2, 0.25) is 0 Å². The molecule has 0 aliphatic rings. The molecule has 1 aromatic heterocycles. The van der Waals surface area contributed by atoms with E-state index in [1.54, 1.807) is 30.6 Å². The lowest BCUT2D eigenvalue weighted by atomic mass is 10.2. The van der Waals surface area contributed by atoms with Crippen LogP contribution in [0.2, 0.25) is 0 Å². The molecular formula is C14H9Br2NO3. The molecule has 0 atom stereocenters. The van der Waals surface area contributed by atoms with Gasteiger partial charge >= 0.3 is 5.97 Å². The topological polar surface area (TPSA) is 59.4 Å². The molecule has 2 aromatic rings. The van der Waals surface area contributed by atoms with Crippen LogP contribution in [0.1, 0.15) is 5.56 Å². The molecule has 0 bridgehead atoms. The highest BCUT2D eigenvalue weighted by Crippen LogP contribution is 2.29. The van der Waals surface area contributed by atoms with Gasteiger partial charge in [0.15, 0.2) is 0 Å². The van der Waals surface area contributed by atoms with Crippen molar-refractivity contribution in [1.82, 2.24) is 4.98 Å². The normalized spacial score (nSPS) is 10.7. The number of aromatic nitrogens is 1. The summed E-state index contributed by atoms with van der Waals surface area (Å²) in [6, 6.07) is 7.13. The third-order valence-corrected chi connectivity index (χ3v) is 3.21. The fourth-order valence-corrected chi connectivity index (χ4v) is 2.20. The Morgan fingerprint density at radius 2 is 2.00 bits per heavy atom. The minimum Gasteiger partial charge on any atom is -0.478 e. The Balaban J connectivity index is 2.33. The second kappa shape index (κ2) is 6.67. The predicted octanol–water partition coefficient (Wildman–Crippen LogP) is 4.50. The average molecular weight is 399 g/mol. The van der Waals surface area contributed by atoms with Crippen molar-refractivity contribution in [3.63, 3.8) is 0 Å². The molecule has 102 valence electrons. The van der Waals surface area contributed by atoms with E-state index < -0.39 is 5.97 Å². The van der Waals surface area contributed by atoms with Crippen LogP contribution in [-0.2, 0) is 4.79 Å². The minimum absolute atomic E-state index is 0.547. The Hall–Kier alpha value is -1.66. The summed E-state index contributed by atoms with van der Waals surface area (Å²) < 4.78 is 7.36. The van der Waals surface area contributed by atoms with Crippen LogP contribution in [0, 0.1) is 0 Å². The van der Waals surface area contributed by atoms with Crippen molar-refractivity contribution in [2.75, 3.05) is 0 Å².